The average Bonchev–Trinajstić information content (AvgIpc) is 2.98. The van der Waals surface area contributed by atoms with Gasteiger partial charge in [-0.25, -0.2) is 13.4 Å². The SMILES string of the molecule is Cc1cc(C)c(C(=O)N2CCN(c3cccc(F)c3[S@@](C)(=N)=O)C[C@@H]2C)c(C)c1CC1CCN(c2ccccc2C#N)CC1. The number of hydrogen-bond acceptors (Lipinski definition) is 6. The predicted octanol–water partition coefficient (Wildman–Crippen LogP) is 6.47. The van der Waals surface area contributed by atoms with Gasteiger partial charge in [0, 0.05) is 50.6 Å². The predicted molar refractivity (Wildman–Crippen MR) is 175 cm³/mol. The number of amides is 1. The Labute approximate surface area is 261 Å². The van der Waals surface area contributed by atoms with Gasteiger partial charge in [0.05, 0.1) is 26.7 Å². The van der Waals surface area contributed by atoms with Gasteiger partial charge in [0.2, 0.25) is 0 Å². The number of nitriles is 1. The molecular weight excluding hydrogens is 573 g/mol. The molecule has 1 N–H and O–H groups in total. The molecular formula is C35H42FN5O2S. The van der Waals surface area contributed by atoms with Crippen molar-refractivity contribution in [3.8, 4) is 6.07 Å². The molecule has 0 saturated carbocycles. The van der Waals surface area contributed by atoms with Crippen LogP contribution < -0.4 is 9.80 Å². The molecule has 0 spiro atoms. The number of nitrogens with zero attached hydrogens (tertiary/aromatic N) is 4. The zero-order valence-corrected chi connectivity index (χ0v) is 27.1. The van der Waals surface area contributed by atoms with Crippen molar-refractivity contribution in [1.29, 1.82) is 10.0 Å². The Bertz CT molecular complexity index is 1720. The fraction of sp³-hybridized carbons (Fsp3) is 0.429. The Kier molecular flexibility index (Phi) is 9.03. The van der Waals surface area contributed by atoms with Crippen LogP contribution in [0.5, 0.6) is 0 Å². The van der Waals surface area contributed by atoms with E-state index in [1.165, 1.54) is 23.4 Å². The molecule has 0 unspecified atom stereocenters. The summed E-state index contributed by atoms with van der Waals surface area (Å²) in [5.41, 5.74) is 7.44. The Morgan fingerprint density at radius 3 is 2.34 bits per heavy atom. The van der Waals surface area contributed by atoms with Crippen molar-refractivity contribution in [2.75, 3.05) is 48.8 Å². The van der Waals surface area contributed by atoms with E-state index in [4.69, 9.17) is 4.78 Å². The van der Waals surface area contributed by atoms with Crippen LogP contribution in [0.25, 0.3) is 0 Å². The Morgan fingerprint density at radius 2 is 1.68 bits per heavy atom. The van der Waals surface area contributed by atoms with Crippen LogP contribution in [-0.2, 0) is 16.1 Å². The van der Waals surface area contributed by atoms with E-state index < -0.39 is 15.5 Å². The Hall–Kier alpha value is -3.90. The topological polar surface area (TPSA) is 91.5 Å². The number of piperidine rings is 1. The van der Waals surface area contributed by atoms with Gasteiger partial charge in [0.25, 0.3) is 5.91 Å². The van der Waals surface area contributed by atoms with Crippen molar-refractivity contribution >= 4 is 27.0 Å². The first-order valence-electron chi connectivity index (χ1n) is 15.3. The largest absolute Gasteiger partial charge is 0.370 e. The molecule has 232 valence electrons. The molecule has 0 aliphatic carbocycles. The van der Waals surface area contributed by atoms with Crippen LogP contribution in [0.3, 0.4) is 0 Å². The van der Waals surface area contributed by atoms with Gasteiger partial charge >= 0.3 is 0 Å². The molecule has 2 heterocycles. The molecule has 5 rings (SSSR count). The maximum atomic E-state index is 14.7. The van der Waals surface area contributed by atoms with Gasteiger partial charge < -0.3 is 14.7 Å². The number of aryl methyl sites for hydroxylation is 2. The zero-order valence-electron chi connectivity index (χ0n) is 26.3. The first-order valence-corrected chi connectivity index (χ1v) is 17.3. The number of carbonyl (C=O) groups excluding carboxylic acids is 1. The van der Waals surface area contributed by atoms with Crippen molar-refractivity contribution in [3.63, 3.8) is 0 Å². The second-order valence-electron chi connectivity index (χ2n) is 12.5. The normalized spacial score (nSPS) is 19.0. The highest BCUT2D eigenvalue weighted by atomic mass is 32.2. The minimum absolute atomic E-state index is 0.00979. The second-order valence-corrected chi connectivity index (χ2v) is 14.6. The third-order valence-corrected chi connectivity index (χ3v) is 10.6. The first-order chi connectivity index (χ1) is 20.9. The fourth-order valence-corrected chi connectivity index (χ4v) is 8.17. The van der Waals surface area contributed by atoms with Crippen molar-refractivity contribution in [3.05, 3.63) is 87.7 Å². The van der Waals surface area contributed by atoms with E-state index in [1.807, 2.05) is 47.9 Å². The number of piperazine rings is 1. The average molecular weight is 616 g/mol. The summed E-state index contributed by atoms with van der Waals surface area (Å²) in [5, 5.41) is 9.53. The molecule has 44 heavy (non-hydrogen) atoms. The van der Waals surface area contributed by atoms with Gasteiger partial charge in [0.1, 0.15) is 16.8 Å². The third-order valence-electron chi connectivity index (χ3n) is 9.38. The summed E-state index contributed by atoms with van der Waals surface area (Å²) in [6.07, 6.45) is 4.22. The van der Waals surface area contributed by atoms with Gasteiger partial charge in [-0.2, -0.15) is 5.26 Å². The minimum atomic E-state index is -3.27. The third kappa shape index (κ3) is 6.18. The van der Waals surface area contributed by atoms with Crippen LogP contribution in [-0.4, -0.2) is 60.0 Å². The van der Waals surface area contributed by atoms with E-state index in [2.05, 4.69) is 30.9 Å². The van der Waals surface area contributed by atoms with Gasteiger partial charge in [-0.1, -0.05) is 24.3 Å². The molecule has 2 saturated heterocycles. The van der Waals surface area contributed by atoms with Gasteiger partial charge in [-0.15, -0.1) is 0 Å². The lowest BCUT2D eigenvalue weighted by molar-refractivity contribution is 0.0672. The summed E-state index contributed by atoms with van der Waals surface area (Å²) in [4.78, 5) is 20.2. The number of para-hydroxylation sites is 1. The molecule has 2 aliphatic heterocycles. The molecule has 7 nitrogen and oxygen atoms in total. The molecule has 3 aromatic carbocycles. The maximum absolute atomic E-state index is 14.7. The van der Waals surface area contributed by atoms with E-state index in [0.29, 0.717) is 36.8 Å². The summed E-state index contributed by atoms with van der Waals surface area (Å²) < 4.78 is 35.4. The summed E-state index contributed by atoms with van der Waals surface area (Å²) in [6, 6.07) is 16.6. The van der Waals surface area contributed by atoms with Crippen molar-refractivity contribution in [1.82, 2.24) is 4.90 Å². The Balaban J connectivity index is 1.31. The quantitative estimate of drug-likeness (QED) is 0.343. The lowest BCUT2D eigenvalue weighted by Crippen LogP contribution is -2.54. The van der Waals surface area contributed by atoms with Crippen LogP contribution in [0.4, 0.5) is 15.8 Å². The molecule has 2 atom stereocenters. The van der Waals surface area contributed by atoms with E-state index in [1.54, 1.807) is 12.1 Å². The summed E-state index contributed by atoms with van der Waals surface area (Å²) >= 11 is 0. The van der Waals surface area contributed by atoms with Gasteiger partial charge in [-0.3, -0.25) is 4.79 Å². The molecule has 3 aromatic rings. The molecule has 0 bridgehead atoms. The highest BCUT2D eigenvalue weighted by Crippen LogP contribution is 2.34. The van der Waals surface area contributed by atoms with Crippen molar-refractivity contribution in [2.24, 2.45) is 5.92 Å². The van der Waals surface area contributed by atoms with Gasteiger partial charge in [0.15, 0.2) is 0 Å². The molecule has 9 heteroatoms. The Morgan fingerprint density at radius 1 is 1.00 bits per heavy atom. The molecule has 1 amide bonds. The molecule has 2 fully saturated rings. The maximum Gasteiger partial charge on any atom is 0.254 e. The number of nitrogens with one attached hydrogen (secondary N) is 1. The lowest BCUT2D eigenvalue weighted by atomic mass is 9.83. The number of carbonyl (C=O) groups is 1. The molecule has 0 radical (unpaired) electrons. The number of rotatable bonds is 6. The first kappa shape index (κ1) is 31.5. The number of benzene rings is 3. The summed E-state index contributed by atoms with van der Waals surface area (Å²) in [6.45, 7) is 11.4. The highest BCUT2D eigenvalue weighted by Gasteiger charge is 2.33. The van der Waals surface area contributed by atoms with Crippen molar-refractivity contribution in [2.45, 2.75) is 57.9 Å². The lowest BCUT2D eigenvalue weighted by Gasteiger charge is -2.42. The number of hydrogen-bond donors (Lipinski definition) is 1. The van der Waals surface area contributed by atoms with Crippen molar-refractivity contribution < 1.29 is 13.4 Å². The van der Waals surface area contributed by atoms with E-state index in [-0.39, 0.29) is 16.8 Å². The number of halogens is 1. The van der Waals surface area contributed by atoms with E-state index in [9.17, 15) is 18.7 Å². The monoisotopic (exact) mass is 615 g/mol. The second kappa shape index (κ2) is 12.6. The van der Waals surface area contributed by atoms with Crippen LogP contribution >= 0.6 is 0 Å². The van der Waals surface area contributed by atoms with Crippen LogP contribution in [0.2, 0.25) is 0 Å². The smallest absolute Gasteiger partial charge is 0.254 e. The highest BCUT2D eigenvalue weighted by molar-refractivity contribution is 7.91. The molecule has 0 aromatic heterocycles. The van der Waals surface area contributed by atoms with Crippen LogP contribution in [0.15, 0.2) is 53.4 Å². The standard InChI is InChI=1S/C35H42FN5O2S/c1-23-19-24(2)33(26(4)29(23)20-27-13-15-39(16-14-27)31-11-7-6-9-28(31)21-37)35(42)41-18-17-40(22-25(41)3)32-12-8-10-30(36)34(32)44(5,38)43/h6-12,19,25,27,38H,13-18,20,22H2,1-5H3/t25-,44-/m0/s1. The van der Waals surface area contributed by atoms with E-state index in [0.717, 1.165) is 54.7 Å². The summed E-state index contributed by atoms with van der Waals surface area (Å²) in [5.74, 6) is -0.125. The van der Waals surface area contributed by atoms with Crippen LogP contribution in [0, 0.1) is 48.6 Å². The van der Waals surface area contributed by atoms with Gasteiger partial charge in [-0.05, 0) is 99.4 Å². The van der Waals surface area contributed by atoms with E-state index >= 15 is 0 Å². The summed E-state index contributed by atoms with van der Waals surface area (Å²) in [7, 11) is -3.27. The molecule has 2 aliphatic rings. The van der Waals surface area contributed by atoms with Crippen LogP contribution in [0.1, 0.15) is 57.9 Å². The zero-order chi connectivity index (χ0) is 31.8. The minimum Gasteiger partial charge on any atom is -0.370 e. The fourth-order valence-electron chi connectivity index (χ4n) is 7.13. The number of anilines is 2.